The Morgan fingerprint density at radius 2 is 1.94 bits per heavy atom. The van der Waals surface area contributed by atoms with Crippen molar-refractivity contribution in [2.24, 2.45) is 23.2 Å². The van der Waals surface area contributed by atoms with Crippen LogP contribution in [0, 0.1) is 23.2 Å². The molecule has 0 amide bonds. The number of hydrogen-bond acceptors (Lipinski definition) is 1. The van der Waals surface area contributed by atoms with Crippen molar-refractivity contribution in [3.8, 4) is 0 Å². The summed E-state index contributed by atoms with van der Waals surface area (Å²) in [5.74, 6) is 3.27. The maximum absolute atomic E-state index is 3.55. The molecule has 1 nitrogen and oxygen atoms in total. The second-order valence-corrected chi connectivity index (χ2v) is 7.30. The van der Waals surface area contributed by atoms with Crippen LogP contribution in [0.1, 0.15) is 65.7 Å². The summed E-state index contributed by atoms with van der Waals surface area (Å²) in [6, 6.07) is 0. The third-order valence-corrected chi connectivity index (χ3v) is 5.10. The third kappa shape index (κ3) is 3.71. The Morgan fingerprint density at radius 3 is 2.53 bits per heavy atom. The molecule has 0 aliphatic heterocycles. The van der Waals surface area contributed by atoms with Gasteiger partial charge in [-0.05, 0) is 74.8 Å². The number of nitrogens with one attached hydrogen (secondary N) is 1. The number of rotatable bonds is 7. The molecule has 2 fully saturated rings. The van der Waals surface area contributed by atoms with Crippen LogP contribution in [0.5, 0.6) is 0 Å². The summed E-state index contributed by atoms with van der Waals surface area (Å²) in [7, 11) is 0. The van der Waals surface area contributed by atoms with Crippen molar-refractivity contribution in [2.45, 2.75) is 65.7 Å². The van der Waals surface area contributed by atoms with Crippen molar-refractivity contribution in [3.63, 3.8) is 0 Å². The van der Waals surface area contributed by atoms with E-state index in [4.69, 9.17) is 0 Å². The fraction of sp³-hybridized carbons (Fsp3) is 1.00. The minimum atomic E-state index is 0.551. The maximum Gasteiger partial charge on any atom is -0.00438 e. The molecule has 0 saturated heterocycles. The van der Waals surface area contributed by atoms with E-state index in [9.17, 15) is 0 Å². The monoisotopic (exact) mass is 237 g/mol. The first-order chi connectivity index (χ1) is 8.11. The van der Waals surface area contributed by atoms with Gasteiger partial charge in [0.1, 0.15) is 0 Å². The van der Waals surface area contributed by atoms with Crippen LogP contribution >= 0.6 is 0 Å². The molecule has 17 heavy (non-hydrogen) atoms. The Morgan fingerprint density at radius 1 is 1.12 bits per heavy atom. The Bertz CT molecular complexity index is 234. The predicted molar refractivity (Wildman–Crippen MR) is 75.1 cm³/mol. The summed E-state index contributed by atoms with van der Waals surface area (Å²) < 4.78 is 0. The highest BCUT2D eigenvalue weighted by Crippen LogP contribution is 2.52. The van der Waals surface area contributed by atoms with E-state index in [1.165, 1.54) is 32.4 Å². The average Bonchev–Trinajstić information content (AvgIpc) is 2.85. The molecule has 0 aromatic rings. The Balaban J connectivity index is 1.69. The van der Waals surface area contributed by atoms with E-state index in [0.29, 0.717) is 5.41 Å². The lowest BCUT2D eigenvalue weighted by Gasteiger charge is -2.32. The van der Waals surface area contributed by atoms with E-state index in [0.717, 1.165) is 17.8 Å². The van der Waals surface area contributed by atoms with Gasteiger partial charge in [-0.3, -0.25) is 0 Å². The highest BCUT2D eigenvalue weighted by Gasteiger charge is 2.41. The summed E-state index contributed by atoms with van der Waals surface area (Å²) in [6.45, 7) is 9.60. The largest absolute Gasteiger partial charge is 0.317 e. The van der Waals surface area contributed by atoms with E-state index in [1.807, 2.05) is 0 Å². The molecule has 3 atom stereocenters. The van der Waals surface area contributed by atoms with Gasteiger partial charge in [0.2, 0.25) is 0 Å². The summed E-state index contributed by atoms with van der Waals surface area (Å²) in [6.07, 6.45) is 10.3. The fourth-order valence-electron chi connectivity index (χ4n) is 4.17. The minimum Gasteiger partial charge on any atom is -0.317 e. The molecule has 0 aromatic carbocycles. The molecule has 2 saturated carbocycles. The number of fused-ring (bicyclic) bond motifs is 2. The van der Waals surface area contributed by atoms with Crippen molar-refractivity contribution in [1.29, 1.82) is 0 Å². The van der Waals surface area contributed by atoms with Crippen molar-refractivity contribution in [1.82, 2.24) is 5.32 Å². The molecule has 0 radical (unpaired) electrons. The van der Waals surface area contributed by atoms with Crippen LogP contribution < -0.4 is 5.32 Å². The lowest BCUT2D eigenvalue weighted by atomic mass is 9.74. The minimum absolute atomic E-state index is 0.551. The van der Waals surface area contributed by atoms with Gasteiger partial charge in [-0.2, -0.15) is 0 Å². The maximum atomic E-state index is 3.55. The third-order valence-electron chi connectivity index (χ3n) is 5.10. The van der Waals surface area contributed by atoms with Crippen LogP contribution in [0.25, 0.3) is 0 Å². The van der Waals surface area contributed by atoms with E-state index in [-0.39, 0.29) is 0 Å². The summed E-state index contributed by atoms with van der Waals surface area (Å²) in [4.78, 5) is 0. The first-order valence-corrected chi connectivity index (χ1v) is 7.81. The molecule has 1 N–H and O–H groups in total. The molecule has 1 heteroatoms. The van der Waals surface area contributed by atoms with Gasteiger partial charge in [-0.1, -0.05) is 27.2 Å². The lowest BCUT2D eigenvalue weighted by molar-refractivity contribution is 0.195. The van der Waals surface area contributed by atoms with Crippen LogP contribution in [0.3, 0.4) is 0 Å². The zero-order valence-electron chi connectivity index (χ0n) is 12.1. The second-order valence-electron chi connectivity index (χ2n) is 7.30. The van der Waals surface area contributed by atoms with Gasteiger partial charge < -0.3 is 5.32 Å². The molecular formula is C16H31N. The van der Waals surface area contributed by atoms with E-state index in [2.05, 4.69) is 26.1 Å². The Labute approximate surface area is 108 Å². The first kappa shape index (κ1) is 13.4. The molecule has 2 rings (SSSR count). The normalized spacial score (nSPS) is 32.3. The smallest absolute Gasteiger partial charge is 0.00438 e. The highest BCUT2D eigenvalue weighted by molar-refractivity contribution is 4.92. The quantitative estimate of drug-likeness (QED) is 0.653. The van der Waals surface area contributed by atoms with Crippen molar-refractivity contribution >= 4 is 0 Å². The van der Waals surface area contributed by atoms with Gasteiger partial charge in [0, 0.05) is 0 Å². The van der Waals surface area contributed by atoms with Gasteiger partial charge in [0.15, 0.2) is 0 Å². The average molecular weight is 237 g/mol. The number of hydrogen-bond donors (Lipinski definition) is 1. The fourth-order valence-corrected chi connectivity index (χ4v) is 4.17. The van der Waals surface area contributed by atoms with Crippen LogP contribution in [0.4, 0.5) is 0 Å². The molecule has 2 aliphatic carbocycles. The topological polar surface area (TPSA) is 12.0 Å². The Hall–Kier alpha value is -0.0400. The van der Waals surface area contributed by atoms with E-state index >= 15 is 0 Å². The molecule has 2 aliphatic rings. The summed E-state index contributed by atoms with van der Waals surface area (Å²) in [5, 5.41) is 3.55. The van der Waals surface area contributed by atoms with Crippen LogP contribution in [0.2, 0.25) is 0 Å². The predicted octanol–water partition coefficient (Wildman–Crippen LogP) is 4.23. The van der Waals surface area contributed by atoms with Gasteiger partial charge in [0.25, 0.3) is 0 Å². The van der Waals surface area contributed by atoms with Gasteiger partial charge in [-0.15, -0.1) is 0 Å². The molecular weight excluding hydrogens is 206 g/mol. The molecule has 100 valence electrons. The zero-order valence-corrected chi connectivity index (χ0v) is 12.1. The van der Waals surface area contributed by atoms with Crippen LogP contribution in [0.15, 0.2) is 0 Å². The van der Waals surface area contributed by atoms with Crippen LogP contribution in [-0.2, 0) is 0 Å². The molecule has 0 spiro atoms. The Kier molecular flexibility index (Phi) is 4.52. The first-order valence-electron chi connectivity index (χ1n) is 7.81. The van der Waals surface area contributed by atoms with E-state index < -0.39 is 0 Å². The zero-order chi connectivity index (χ0) is 12.3. The van der Waals surface area contributed by atoms with Gasteiger partial charge in [0.05, 0.1) is 0 Å². The lowest BCUT2D eigenvalue weighted by Crippen LogP contribution is -2.26. The standard InChI is InChI=1S/C16H31N/c1-4-8-17-9-7-16(2,3)12-15-11-13-5-6-14(15)10-13/h13-15,17H,4-12H2,1-3H3. The molecule has 3 unspecified atom stereocenters. The van der Waals surface area contributed by atoms with Crippen molar-refractivity contribution in [3.05, 3.63) is 0 Å². The van der Waals surface area contributed by atoms with Crippen molar-refractivity contribution < 1.29 is 0 Å². The van der Waals surface area contributed by atoms with Crippen molar-refractivity contribution in [2.75, 3.05) is 13.1 Å². The molecule has 0 aromatic heterocycles. The van der Waals surface area contributed by atoms with E-state index in [1.54, 1.807) is 25.7 Å². The van der Waals surface area contributed by atoms with Gasteiger partial charge >= 0.3 is 0 Å². The second kappa shape index (κ2) is 5.73. The molecule has 0 heterocycles. The van der Waals surface area contributed by atoms with Gasteiger partial charge in [-0.25, -0.2) is 0 Å². The van der Waals surface area contributed by atoms with Crippen LogP contribution in [-0.4, -0.2) is 13.1 Å². The summed E-state index contributed by atoms with van der Waals surface area (Å²) >= 11 is 0. The summed E-state index contributed by atoms with van der Waals surface area (Å²) in [5.41, 5.74) is 0.551. The highest BCUT2D eigenvalue weighted by atomic mass is 14.8. The molecule has 2 bridgehead atoms. The SMILES string of the molecule is CCCNCCC(C)(C)CC1CC2CCC1C2.